The predicted molar refractivity (Wildman–Crippen MR) is 54.6 cm³/mol. The third kappa shape index (κ3) is 10.2. The summed E-state index contributed by atoms with van der Waals surface area (Å²) in [4.78, 5) is 0. The normalized spacial score (nSPS) is 14.3. The SMILES string of the molecule is CCCCOP(=O)(OO)OCCCCl.[H-].[Na+]. The molecule has 0 rings (SSSR count). The van der Waals surface area contributed by atoms with E-state index in [1.807, 2.05) is 6.92 Å². The largest absolute Gasteiger partial charge is 1.00 e. The summed E-state index contributed by atoms with van der Waals surface area (Å²) in [5.74, 6) is 0.389. The predicted octanol–water partition coefficient (Wildman–Crippen LogP) is 0.163. The van der Waals surface area contributed by atoms with Gasteiger partial charge in [-0.25, -0.2) is 9.82 Å². The molecule has 0 saturated carbocycles. The fourth-order valence-corrected chi connectivity index (χ4v) is 1.62. The number of phosphoric acid groups is 1. The van der Waals surface area contributed by atoms with Gasteiger partial charge in [0.15, 0.2) is 0 Å². The molecule has 15 heavy (non-hydrogen) atoms. The quantitative estimate of drug-likeness (QED) is 0.161. The van der Waals surface area contributed by atoms with Crippen LogP contribution in [0.4, 0.5) is 0 Å². The summed E-state index contributed by atoms with van der Waals surface area (Å²) in [5, 5.41) is 8.34. The van der Waals surface area contributed by atoms with Gasteiger partial charge in [0.05, 0.1) is 13.2 Å². The summed E-state index contributed by atoms with van der Waals surface area (Å²) in [6.07, 6.45) is 2.14. The number of halogens is 1. The Balaban J connectivity index is -0.000000845. The van der Waals surface area contributed by atoms with Gasteiger partial charge in [-0.1, -0.05) is 13.3 Å². The summed E-state index contributed by atoms with van der Waals surface area (Å²) in [7, 11) is -3.76. The number of unbranched alkanes of at least 4 members (excludes halogenated alkanes) is 1. The summed E-state index contributed by atoms with van der Waals surface area (Å²) in [6, 6.07) is 0. The summed E-state index contributed by atoms with van der Waals surface area (Å²) < 4.78 is 24.6. The molecule has 0 heterocycles. The molecule has 0 aromatic rings. The molecule has 0 saturated heterocycles. The Morgan fingerprint density at radius 2 is 1.87 bits per heavy atom. The third-order valence-corrected chi connectivity index (χ3v) is 2.84. The molecule has 0 aromatic heterocycles. The fraction of sp³-hybridized carbons (Fsp3) is 1.00. The Hall–Kier alpha value is 1.36. The third-order valence-electron chi connectivity index (χ3n) is 1.37. The van der Waals surface area contributed by atoms with Crippen molar-refractivity contribution < 1.29 is 54.5 Å². The first-order valence-corrected chi connectivity index (χ1v) is 6.46. The summed E-state index contributed by atoms with van der Waals surface area (Å²) >= 11 is 5.39. The maximum Gasteiger partial charge on any atom is 1.00 e. The van der Waals surface area contributed by atoms with E-state index in [1.54, 1.807) is 0 Å². The van der Waals surface area contributed by atoms with Crippen molar-refractivity contribution in [3.05, 3.63) is 0 Å². The van der Waals surface area contributed by atoms with E-state index in [1.165, 1.54) is 0 Å². The molecule has 1 atom stereocenters. The molecule has 0 spiro atoms. The number of alkyl halides is 1. The first-order valence-electron chi connectivity index (χ1n) is 4.46. The van der Waals surface area contributed by atoms with Crippen molar-refractivity contribution in [2.45, 2.75) is 26.2 Å². The minimum Gasteiger partial charge on any atom is -1.00 e. The summed E-state index contributed by atoms with van der Waals surface area (Å²) in [6.45, 7) is 2.32. The van der Waals surface area contributed by atoms with Crippen molar-refractivity contribution in [3.63, 3.8) is 0 Å². The second-order valence-electron chi connectivity index (χ2n) is 2.59. The van der Waals surface area contributed by atoms with Gasteiger partial charge in [0.1, 0.15) is 0 Å². The molecule has 0 bridgehead atoms. The van der Waals surface area contributed by atoms with Crippen LogP contribution in [0.3, 0.4) is 0 Å². The minimum atomic E-state index is -3.76. The average Bonchev–Trinajstić information content (AvgIpc) is 2.19. The van der Waals surface area contributed by atoms with Crippen LogP contribution >= 0.6 is 19.4 Å². The number of rotatable bonds is 9. The smallest absolute Gasteiger partial charge is 1.00 e. The van der Waals surface area contributed by atoms with Crippen molar-refractivity contribution in [2.75, 3.05) is 19.1 Å². The Morgan fingerprint density at radius 1 is 1.33 bits per heavy atom. The zero-order chi connectivity index (χ0) is 10.9. The molecule has 1 unspecified atom stereocenters. The van der Waals surface area contributed by atoms with E-state index >= 15 is 0 Å². The van der Waals surface area contributed by atoms with Crippen LogP contribution in [0.5, 0.6) is 0 Å². The maximum absolute atomic E-state index is 11.4. The molecule has 0 aromatic carbocycles. The molecule has 8 heteroatoms. The minimum absolute atomic E-state index is 0. The first-order chi connectivity index (χ1) is 6.68. The number of hydrogen-bond acceptors (Lipinski definition) is 5. The van der Waals surface area contributed by atoms with E-state index in [4.69, 9.17) is 25.9 Å². The standard InChI is InChI=1S/C7H16ClO5P.Na.H/c1-2-3-6-11-14(10,13-9)12-7-4-5-8;;/h9H,2-7H2,1H3;;/q;+1;-1. The van der Waals surface area contributed by atoms with Gasteiger partial charge in [-0.2, -0.15) is 0 Å². The molecule has 0 amide bonds. The van der Waals surface area contributed by atoms with E-state index in [0.29, 0.717) is 12.3 Å². The van der Waals surface area contributed by atoms with Gasteiger partial charge in [0, 0.05) is 5.88 Å². The molecule has 0 aliphatic heterocycles. The fourth-order valence-electron chi connectivity index (χ4n) is 0.636. The zero-order valence-corrected chi connectivity index (χ0v) is 12.8. The monoisotopic (exact) mass is 270 g/mol. The number of hydrogen-bond donors (Lipinski definition) is 1. The topological polar surface area (TPSA) is 65.0 Å². The van der Waals surface area contributed by atoms with Crippen LogP contribution in [0, 0.1) is 0 Å². The molecule has 0 aliphatic carbocycles. The Labute approximate surface area is 119 Å². The second kappa shape index (κ2) is 11.8. The first kappa shape index (κ1) is 18.7. The van der Waals surface area contributed by atoms with Gasteiger partial charge in [0.25, 0.3) is 0 Å². The molecule has 5 nitrogen and oxygen atoms in total. The van der Waals surface area contributed by atoms with E-state index in [9.17, 15) is 4.57 Å². The second-order valence-corrected chi connectivity index (χ2v) is 4.54. The molecule has 0 radical (unpaired) electrons. The van der Waals surface area contributed by atoms with E-state index in [-0.39, 0.29) is 44.2 Å². The Morgan fingerprint density at radius 3 is 2.27 bits per heavy atom. The van der Waals surface area contributed by atoms with Crippen LogP contribution in [0.1, 0.15) is 27.6 Å². The number of phosphoric ester groups is 1. The van der Waals surface area contributed by atoms with Crippen LogP contribution in [0.15, 0.2) is 0 Å². The van der Waals surface area contributed by atoms with Crippen LogP contribution < -0.4 is 29.6 Å². The van der Waals surface area contributed by atoms with Crippen LogP contribution in [0.25, 0.3) is 0 Å². The van der Waals surface area contributed by atoms with Crippen LogP contribution in [-0.2, 0) is 18.3 Å². The van der Waals surface area contributed by atoms with Gasteiger partial charge in [-0.05, 0) is 12.8 Å². The van der Waals surface area contributed by atoms with Crippen molar-refractivity contribution in [1.82, 2.24) is 0 Å². The van der Waals surface area contributed by atoms with Crippen molar-refractivity contribution >= 4 is 19.4 Å². The van der Waals surface area contributed by atoms with Crippen molar-refractivity contribution in [2.24, 2.45) is 0 Å². The van der Waals surface area contributed by atoms with Gasteiger partial charge >= 0.3 is 37.4 Å². The van der Waals surface area contributed by atoms with Crippen LogP contribution in [0.2, 0.25) is 0 Å². The molecular formula is C7H17ClNaO5P. The molecule has 0 fully saturated rings. The Kier molecular flexibility index (Phi) is 14.8. The molecule has 88 valence electrons. The van der Waals surface area contributed by atoms with Gasteiger partial charge in [-0.15, -0.1) is 16.3 Å². The molecule has 0 aliphatic rings. The van der Waals surface area contributed by atoms with E-state index < -0.39 is 7.82 Å². The van der Waals surface area contributed by atoms with E-state index in [2.05, 4.69) is 4.67 Å². The van der Waals surface area contributed by atoms with Crippen molar-refractivity contribution in [3.8, 4) is 0 Å². The van der Waals surface area contributed by atoms with Gasteiger partial charge in [0.2, 0.25) is 0 Å². The summed E-state index contributed by atoms with van der Waals surface area (Å²) in [5.41, 5.74) is 0. The van der Waals surface area contributed by atoms with E-state index in [0.717, 1.165) is 12.8 Å². The molecule has 1 N–H and O–H groups in total. The van der Waals surface area contributed by atoms with Crippen molar-refractivity contribution in [1.29, 1.82) is 0 Å². The Bertz CT molecular complexity index is 174. The maximum atomic E-state index is 11.4. The van der Waals surface area contributed by atoms with Crippen LogP contribution in [-0.4, -0.2) is 24.4 Å². The molecular weight excluding hydrogens is 253 g/mol. The van der Waals surface area contributed by atoms with Gasteiger partial charge in [-0.3, -0.25) is 9.05 Å². The average molecular weight is 271 g/mol. The zero-order valence-electron chi connectivity index (χ0n) is 10.1. The van der Waals surface area contributed by atoms with Gasteiger partial charge < -0.3 is 1.43 Å².